The van der Waals surface area contributed by atoms with Crippen LogP contribution >= 0.6 is 0 Å². The van der Waals surface area contributed by atoms with Crippen LogP contribution in [-0.2, 0) is 4.79 Å². The second-order valence-electron chi connectivity index (χ2n) is 1.64. The molecule has 2 unspecified atom stereocenters. The van der Waals surface area contributed by atoms with E-state index in [1.165, 1.54) is 6.92 Å². The van der Waals surface area contributed by atoms with Crippen molar-refractivity contribution >= 4 is 5.91 Å². The second kappa shape index (κ2) is 4.88. The first kappa shape index (κ1) is 11.8. The summed E-state index contributed by atoms with van der Waals surface area (Å²) in [5, 5.41) is 17.1. The van der Waals surface area contributed by atoms with Gasteiger partial charge in [0.05, 0.1) is 12.7 Å². The lowest BCUT2D eigenvalue weighted by Crippen LogP contribution is -2.29. The van der Waals surface area contributed by atoms with Gasteiger partial charge in [-0.3, -0.25) is 0 Å². The first-order chi connectivity index (χ1) is 4.09. The molecule has 0 fully saturated rings. The second-order valence-corrected chi connectivity index (χ2v) is 1.64. The highest BCUT2D eigenvalue weighted by Gasteiger charge is 2.19. The number of rotatable bonds is 2. The molecule has 0 aliphatic carbocycles. The SMILES string of the molecule is O.[C-]#[N+]C(=O)C(O)C(C)O. The van der Waals surface area contributed by atoms with Crippen molar-refractivity contribution in [3.05, 3.63) is 11.4 Å². The summed E-state index contributed by atoms with van der Waals surface area (Å²) < 4.78 is 0. The molecule has 0 saturated carbocycles. The fraction of sp³-hybridized carbons (Fsp3) is 0.600. The third-order valence-corrected chi connectivity index (χ3v) is 0.820. The molecule has 0 aliphatic rings. The molecular weight excluding hydrogens is 138 g/mol. The van der Waals surface area contributed by atoms with Crippen LogP contribution in [0.25, 0.3) is 4.85 Å². The molecule has 0 rings (SSSR count). The van der Waals surface area contributed by atoms with Gasteiger partial charge in [-0.15, -0.1) is 0 Å². The van der Waals surface area contributed by atoms with Crippen LogP contribution in [0.2, 0.25) is 0 Å². The number of carbonyl (C=O) groups excluding carboxylic acids is 1. The van der Waals surface area contributed by atoms with E-state index in [9.17, 15) is 4.79 Å². The highest BCUT2D eigenvalue weighted by molar-refractivity contribution is 5.89. The molecule has 0 aromatic carbocycles. The van der Waals surface area contributed by atoms with E-state index < -0.39 is 18.1 Å². The Labute approximate surface area is 58.0 Å². The molecule has 0 spiro atoms. The average molecular weight is 147 g/mol. The number of carbonyl (C=O) groups is 1. The van der Waals surface area contributed by atoms with E-state index in [0.717, 1.165) is 0 Å². The molecule has 0 bridgehead atoms. The van der Waals surface area contributed by atoms with Gasteiger partial charge in [-0.2, -0.15) is 4.85 Å². The smallest absolute Gasteiger partial charge is 0.386 e. The molecule has 0 aromatic heterocycles. The zero-order chi connectivity index (χ0) is 7.44. The molecule has 5 heteroatoms. The maximum absolute atomic E-state index is 10.2. The molecule has 5 nitrogen and oxygen atoms in total. The molecule has 10 heavy (non-hydrogen) atoms. The Balaban J connectivity index is 0. The van der Waals surface area contributed by atoms with E-state index in [1.54, 1.807) is 0 Å². The summed E-state index contributed by atoms with van der Waals surface area (Å²) in [6.07, 6.45) is -2.71. The van der Waals surface area contributed by atoms with Gasteiger partial charge in [0.25, 0.3) is 0 Å². The van der Waals surface area contributed by atoms with E-state index in [1.807, 2.05) is 0 Å². The molecule has 58 valence electrons. The van der Waals surface area contributed by atoms with E-state index in [4.69, 9.17) is 16.8 Å². The van der Waals surface area contributed by atoms with Crippen molar-refractivity contribution in [3.8, 4) is 0 Å². The zero-order valence-electron chi connectivity index (χ0n) is 5.40. The predicted octanol–water partition coefficient (Wildman–Crippen LogP) is -1.65. The normalized spacial score (nSPS) is 14.2. The highest BCUT2D eigenvalue weighted by atomic mass is 16.3. The predicted molar refractivity (Wildman–Crippen MR) is 32.9 cm³/mol. The number of hydrogen-bond acceptors (Lipinski definition) is 3. The van der Waals surface area contributed by atoms with Crippen LogP contribution in [0.1, 0.15) is 6.92 Å². The number of aliphatic hydroxyl groups is 2. The minimum absolute atomic E-state index is 0. The van der Waals surface area contributed by atoms with Gasteiger partial charge in [-0.1, -0.05) is 0 Å². The van der Waals surface area contributed by atoms with Crippen molar-refractivity contribution in [2.45, 2.75) is 19.1 Å². The minimum Gasteiger partial charge on any atom is -0.412 e. The van der Waals surface area contributed by atoms with Crippen molar-refractivity contribution in [3.63, 3.8) is 0 Å². The Kier molecular flexibility index (Phi) is 5.75. The van der Waals surface area contributed by atoms with Gasteiger partial charge in [0.1, 0.15) is 0 Å². The Morgan fingerprint density at radius 3 is 2.10 bits per heavy atom. The summed E-state index contributed by atoms with van der Waals surface area (Å²) >= 11 is 0. The van der Waals surface area contributed by atoms with Gasteiger partial charge in [-0.25, -0.2) is 0 Å². The standard InChI is InChI=1S/C5H7NO3.H2O/c1-3(7)4(8)5(9)6-2;/h3-4,7-8H,1H3;1H2. The lowest BCUT2D eigenvalue weighted by atomic mass is 10.2. The van der Waals surface area contributed by atoms with Crippen molar-refractivity contribution < 1.29 is 20.5 Å². The number of nitrogens with zero attached hydrogens (tertiary/aromatic N) is 1. The van der Waals surface area contributed by atoms with Crippen LogP contribution in [-0.4, -0.2) is 33.8 Å². The molecule has 0 aromatic rings. The Hall–Kier alpha value is -0.960. The quantitative estimate of drug-likeness (QED) is 0.458. The van der Waals surface area contributed by atoms with Gasteiger partial charge >= 0.3 is 5.91 Å². The third-order valence-electron chi connectivity index (χ3n) is 0.820. The van der Waals surface area contributed by atoms with Crippen molar-refractivity contribution in [1.82, 2.24) is 0 Å². The molecule has 1 amide bonds. The maximum Gasteiger partial charge on any atom is 0.386 e. The number of hydrogen-bond donors (Lipinski definition) is 2. The maximum atomic E-state index is 10.2. The van der Waals surface area contributed by atoms with E-state index in [2.05, 4.69) is 4.85 Å². The summed E-state index contributed by atoms with van der Waals surface area (Å²) in [7, 11) is 0. The summed E-state index contributed by atoms with van der Waals surface area (Å²) in [5.74, 6) is -1.02. The summed E-state index contributed by atoms with van der Waals surface area (Å²) in [4.78, 5) is 12.6. The Morgan fingerprint density at radius 1 is 1.60 bits per heavy atom. The fourth-order valence-corrected chi connectivity index (χ4v) is 0.272. The Morgan fingerprint density at radius 2 is 2.00 bits per heavy atom. The van der Waals surface area contributed by atoms with Gasteiger partial charge in [0.2, 0.25) is 0 Å². The Bertz CT molecular complexity index is 148. The lowest BCUT2D eigenvalue weighted by molar-refractivity contribution is -0.127. The fourth-order valence-electron chi connectivity index (χ4n) is 0.272. The molecule has 4 N–H and O–H groups in total. The van der Waals surface area contributed by atoms with Crippen LogP contribution in [0.4, 0.5) is 0 Å². The van der Waals surface area contributed by atoms with E-state index in [0.29, 0.717) is 0 Å². The summed E-state index contributed by atoms with van der Waals surface area (Å²) in [5.41, 5.74) is 0. The van der Waals surface area contributed by atoms with E-state index in [-0.39, 0.29) is 5.48 Å². The number of amides is 1. The van der Waals surface area contributed by atoms with Crippen LogP contribution < -0.4 is 0 Å². The van der Waals surface area contributed by atoms with Gasteiger partial charge in [-0.05, 0) is 6.92 Å². The van der Waals surface area contributed by atoms with Gasteiger partial charge in [0.15, 0.2) is 6.10 Å². The van der Waals surface area contributed by atoms with Crippen LogP contribution in [0, 0.1) is 6.57 Å². The minimum atomic E-state index is -1.55. The molecule has 2 atom stereocenters. The van der Waals surface area contributed by atoms with Gasteiger partial charge in [0, 0.05) is 0 Å². The average Bonchev–Trinajstić information content (AvgIpc) is 1.84. The highest BCUT2D eigenvalue weighted by Crippen LogP contribution is 1.93. The zero-order valence-corrected chi connectivity index (χ0v) is 5.40. The van der Waals surface area contributed by atoms with Crippen LogP contribution in [0.5, 0.6) is 0 Å². The van der Waals surface area contributed by atoms with Crippen molar-refractivity contribution in [2.75, 3.05) is 0 Å². The van der Waals surface area contributed by atoms with Crippen LogP contribution in [0.15, 0.2) is 0 Å². The number of aliphatic hydroxyl groups excluding tert-OH is 2. The molecule has 0 saturated heterocycles. The first-order valence-electron chi connectivity index (χ1n) is 2.37. The topological polar surface area (TPSA) is 93.4 Å². The van der Waals surface area contributed by atoms with Crippen molar-refractivity contribution in [1.29, 1.82) is 0 Å². The molecular formula is C5H9NO4. The third kappa shape index (κ3) is 3.14. The van der Waals surface area contributed by atoms with Crippen molar-refractivity contribution in [2.24, 2.45) is 0 Å². The molecule has 0 aliphatic heterocycles. The molecule has 0 heterocycles. The summed E-state index contributed by atoms with van der Waals surface area (Å²) in [6.45, 7) is 7.38. The lowest BCUT2D eigenvalue weighted by Gasteiger charge is -2.05. The monoisotopic (exact) mass is 147 g/mol. The van der Waals surface area contributed by atoms with Crippen LogP contribution in [0.3, 0.4) is 0 Å². The molecule has 0 radical (unpaired) electrons. The van der Waals surface area contributed by atoms with Gasteiger partial charge < -0.3 is 20.5 Å². The largest absolute Gasteiger partial charge is 0.412 e. The summed E-state index contributed by atoms with van der Waals surface area (Å²) in [6, 6.07) is 0. The first-order valence-corrected chi connectivity index (χ1v) is 2.37. The van der Waals surface area contributed by atoms with E-state index >= 15 is 0 Å².